The van der Waals surface area contributed by atoms with E-state index in [4.69, 9.17) is 0 Å². The first-order valence-corrected chi connectivity index (χ1v) is 11.6. The average molecular weight is 496 g/mol. The van der Waals surface area contributed by atoms with Crippen LogP contribution in [0.3, 0.4) is 0 Å². The van der Waals surface area contributed by atoms with Gasteiger partial charge in [0.05, 0.1) is 11.4 Å². The van der Waals surface area contributed by atoms with E-state index in [9.17, 15) is 4.79 Å². The molecular weight excluding hydrogens is 474 g/mol. The SMILES string of the molecule is Cc1ccc(C)c(-n2nnnc2SCC(=O)c2cc(C)n(-c3ccc(Br)cc3)c2C)c1. The van der Waals surface area contributed by atoms with Crippen LogP contribution in [-0.2, 0) is 0 Å². The van der Waals surface area contributed by atoms with E-state index in [1.165, 1.54) is 11.8 Å². The van der Waals surface area contributed by atoms with Crippen molar-refractivity contribution in [2.75, 3.05) is 5.75 Å². The molecule has 31 heavy (non-hydrogen) atoms. The van der Waals surface area contributed by atoms with E-state index >= 15 is 0 Å². The molecule has 2 aromatic heterocycles. The molecule has 0 fully saturated rings. The third kappa shape index (κ3) is 4.36. The molecule has 0 aliphatic heterocycles. The van der Waals surface area contributed by atoms with Crippen molar-refractivity contribution in [3.05, 3.63) is 81.1 Å². The fourth-order valence-corrected chi connectivity index (χ4v) is 4.64. The van der Waals surface area contributed by atoms with Crippen LogP contribution in [0.5, 0.6) is 0 Å². The number of aromatic nitrogens is 5. The Morgan fingerprint density at radius 2 is 1.77 bits per heavy atom. The number of ketones is 1. The maximum Gasteiger partial charge on any atom is 0.214 e. The van der Waals surface area contributed by atoms with Crippen LogP contribution in [0.4, 0.5) is 0 Å². The summed E-state index contributed by atoms with van der Waals surface area (Å²) in [4.78, 5) is 13.1. The van der Waals surface area contributed by atoms with Gasteiger partial charge in [-0.25, -0.2) is 0 Å². The van der Waals surface area contributed by atoms with Crippen molar-refractivity contribution in [2.45, 2.75) is 32.9 Å². The lowest BCUT2D eigenvalue weighted by molar-refractivity contribution is 0.102. The van der Waals surface area contributed by atoms with Gasteiger partial charge in [-0.3, -0.25) is 4.79 Å². The Labute approximate surface area is 193 Å². The fraction of sp³-hybridized carbons (Fsp3) is 0.217. The second-order valence-electron chi connectivity index (χ2n) is 7.47. The molecule has 158 valence electrons. The van der Waals surface area contributed by atoms with Crippen molar-refractivity contribution < 1.29 is 4.79 Å². The number of hydrogen-bond donors (Lipinski definition) is 0. The van der Waals surface area contributed by atoms with Gasteiger partial charge >= 0.3 is 0 Å². The van der Waals surface area contributed by atoms with Gasteiger partial charge in [-0.15, -0.1) is 5.10 Å². The number of hydrogen-bond acceptors (Lipinski definition) is 5. The first-order chi connectivity index (χ1) is 14.8. The van der Waals surface area contributed by atoms with Crippen LogP contribution in [-0.4, -0.2) is 36.3 Å². The van der Waals surface area contributed by atoms with Crippen LogP contribution in [0.15, 0.2) is 58.2 Å². The molecule has 0 atom stereocenters. The fourth-order valence-electron chi connectivity index (χ4n) is 3.61. The highest BCUT2D eigenvalue weighted by Gasteiger charge is 2.19. The van der Waals surface area contributed by atoms with Crippen molar-refractivity contribution >= 4 is 33.5 Å². The third-order valence-electron chi connectivity index (χ3n) is 5.18. The number of aryl methyl sites for hydroxylation is 3. The molecule has 0 saturated carbocycles. The number of Topliss-reactive ketones (excluding diaryl/α,β-unsaturated/α-hetero) is 1. The van der Waals surface area contributed by atoms with E-state index in [0.717, 1.165) is 43.9 Å². The number of thioether (sulfide) groups is 1. The predicted molar refractivity (Wildman–Crippen MR) is 127 cm³/mol. The largest absolute Gasteiger partial charge is 0.318 e. The number of benzene rings is 2. The minimum Gasteiger partial charge on any atom is -0.318 e. The van der Waals surface area contributed by atoms with Crippen LogP contribution in [0, 0.1) is 27.7 Å². The van der Waals surface area contributed by atoms with Gasteiger partial charge in [0.2, 0.25) is 5.16 Å². The van der Waals surface area contributed by atoms with E-state index in [2.05, 4.69) is 42.1 Å². The molecule has 6 nitrogen and oxygen atoms in total. The summed E-state index contributed by atoms with van der Waals surface area (Å²) in [5.41, 5.74) is 6.83. The van der Waals surface area contributed by atoms with Gasteiger partial charge in [-0.05, 0) is 85.6 Å². The molecule has 2 aromatic carbocycles. The lowest BCUT2D eigenvalue weighted by Crippen LogP contribution is -2.07. The Kier molecular flexibility index (Phi) is 6.11. The molecule has 0 bridgehead atoms. The van der Waals surface area contributed by atoms with Crippen molar-refractivity contribution in [1.82, 2.24) is 24.8 Å². The summed E-state index contributed by atoms with van der Waals surface area (Å²) >= 11 is 4.82. The van der Waals surface area contributed by atoms with Gasteiger partial charge in [0, 0.05) is 27.1 Å². The lowest BCUT2D eigenvalue weighted by atomic mass is 10.1. The molecule has 2 heterocycles. The number of nitrogens with zero attached hydrogens (tertiary/aromatic N) is 5. The summed E-state index contributed by atoms with van der Waals surface area (Å²) in [5, 5.41) is 12.7. The second-order valence-corrected chi connectivity index (χ2v) is 9.33. The molecule has 4 rings (SSSR count). The Morgan fingerprint density at radius 1 is 1.03 bits per heavy atom. The molecule has 0 aliphatic carbocycles. The maximum absolute atomic E-state index is 13.1. The average Bonchev–Trinajstić information content (AvgIpc) is 3.33. The predicted octanol–water partition coefficient (Wildman–Crippen LogP) is 5.42. The summed E-state index contributed by atoms with van der Waals surface area (Å²) in [7, 11) is 0. The number of tetrazole rings is 1. The van der Waals surface area contributed by atoms with E-state index in [1.54, 1.807) is 4.68 Å². The summed E-state index contributed by atoms with van der Waals surface area (Å²) in [6, 6.07) is 16.2. The first-order valence-electron chi connectivity index (χ1n) is 9.82. The summed E-state index contributed by atoms with van der Waals surface area (Å²) < 4.78 is 4.82. The Hall–Kier alpha value is -2.71. The lowest BCUT2D eigenvalue weighted by Gasteiger charge is -2.10. The standard InChI is InChI=1S/C23H22BrN5OS/c1-14-5-6-15(2)21(11-14)29-23(25-26-27-29)31-13-22(30)20-12-16(3)28(17(20)4)19-9-7-18(24)8-10-19/h5-12H,13H2,1-4H3. The van der Waals surface area contributed by atoms with Gasteiger partial charge in [0.25, 0.3) is 0 Å². The van der Waals surface area contributed by atoms with Crippen LogP contribution in [0.2, 0.25) is 0 Å². The summed E-state index contributed by atoms with van der Waals surface area (Å²) in [5.74, 6) is 0.313. The quantitative estimate of drug-likeness (QED) is 0.263. The molecule has 0 saturated heterocycles. The van der Waals surface area contributed by atoms with Crippen LogP contribution >= 0.6 is 27.7 Å². The van der Waals surface area contributed by atoms with Gasteiger partial charge in [0.15, 0.2) is 5.78 Å². The Bertz CT molecular complexity index is 1260. The number of carbonyl (C=O) groups is 1. The monoisotopic (exact) mass is 495 g/mol. The van der Waals surface area contributed by atoms with Gasteiger partial charge in [-0.2, -0.15) is 4.68 Å². The topological polar surface area (TPSA) is 65.6 Å². The zero-order valence-electron chi connectivity index (χ0n) is 17.8. The minimum atomic E-state index is 0.0528. The van der Waals surface area contributed by atoms with Crippen molar-refractivity contribution in [1.29, 1.82) is 0 Å². The van der Waals surface area contributed by atoms with Crippen molar-refractivity contribution in [2.24, 2.45) is 0 Å². The molecule has 0 radical (unpaired) electrons. The van der Waals surface area contributed by atoms with Crippen LogP contribution in [0.25, 0.3) is 11.4 Å². The molecule has 0 unspecified atom stereocenters. The van der Waals surface area contributed by atoms with E-state index < -0.39 is 0 Å². The molecule has 4 aromatic rings. The zero-order chi connectivity index (χ0) is 22.1. The first kappa shape index (κ1) is 21.5. The van der Waals surface area contributed by atoms with Crippen LogP contribution in [0.1, 0.15) is 32.9 Å². The highest BCUT2D eigenvalue weighted by molar-refractivity contribution is 9.10. The highest BCUT2D eigenvalue weighted by Crippen LogP contribution is 2.26. The Morgan fingerprint density at radius 3 is 2.52 bits per heavy atom. The molecule has 0 spiro atoms. The summed E-state index contributed by atoms with van der Waals surface area (Å²) in [6.45, 7) is 8.05. The van der Waals surface area contributed by atoms with Gasteiger partial charge < -0.3 is 4.57 Å². The molecular formula is C23H22BrN5OS. The number of halogens is 1. The maximum atomic E-state index is 13.1. The van der Waals surface area contributed by atoms with Crippen molar-refractivity contribution in [3.63, 3.8) is 0 Å². The molecule has 0 aliphatic rings. The van der Waals surface area contributed by atoms with Gasteiger partial charge in [0.1, 0.15) is 0 Å². The number of carbonyl (C=O) groups excluding carboxylic acids is 1. The minimum absolute atomic E-state index is 0.0528. The second kappa shape index (κ2) is 8.80. The van der Waals surface area contributed by atoms with E-state index in [1.807, 2.05) is 70.2 Å². The molecule has 0 amide bonds. The van der Waals surface area contributed by atoms with E-state index in [0.29, 0.717) is 5.16 Å². The highest BCUT2D eigenvalue weighted by atomic mass is 79.9. The van der Waals surface area contributed by atoms with Crippen LogP contribution < -0.4 is 0 Å². The number of rotatable bonds is 6. The molecule has 0 N–H and O–H groups in total. The normalized spacial score (nSPS) is 11.1. The zero-order valence-corrected chi connectivity index (χ0v) is 20.2. The van der Waals surface area contributed by atoms with E-state index in [-0.39, 0.29) is 11.5 Å². The third-order valence-corrected chi connectivity index (χ3v) is 6.63. The Balaban J connectivity index is 1.56. The summed E-state index contributed by atoms with van der Waals surface area (Å²) in [6.07, 6.45) is 0. The van der Waals surface area contributed by atoms with Crippen molar-refractivity contribution in [3.8, 4) is 11.4 Å². The smallest absolute Gasteiger partial charge is 0.214 e. The van der Waals surface area contributed by atoms with Gasteiger partial charge in [-0.1, -0.05) is 39.8 Å². The molecule has 8 heteroatoms.